The second kappa shape index (κ2) is 10.0. The number of ketones is 1. The molecule has 0 atom stereocenters. The number of carbonyl (C=O) groups is 1. The molecule has 0 saturated carbocycles. The number of piperazine rings is 1. The van der Waals surface area contributed by atoms with Gasteiger partial charge in [0, 0.05) is 49.9 Å². The maximum atomic E-state index is 13.6. The Kier molecular flexibility index (Phi) is 6.65. The van der Waals surface area contributed by atoms with Crippen LogP contribution in [0.5, 0.6) is 11.5 Å². The number of hydrogen-bond acceptors (Lipinski definition) is 7. The molecule has 1 aromatic heterocycles. The highest BCUT2D eigenvalue weighted by Gasteiger charge is 2.33. The van der Waals surface area contributed by atoms with Crippen LogP contribution >= 0.6 is 23.2 Å². The molecule has 2 N–H and O–H groups in total. The topological polar surface area (TPSA) is 101 Å². The molecular weight excluding hydrogens is 561 g/mol. The Morgan fingerprint density at radius 1 is 1.03 bits per heavy atom. The number of benzene rings is 3. The van der Waals surface area contributed by atoms with Crippen LogP contribution < -0.4 is 10.1 Å². The van der Waals surface area contributed by atoms with Gasteiger partial charge in [-0.05, 0) is 36.4 Å². The highest BCUT2D eigenvalue weighted by atomic mass is 35.5. The summed E-state index contributed by atoms with van der Waals surface area (Å²) in [5, 5.41) is 14.6. The smallest absolute Gasteiger partial charge is 0.269 e. The van der Waals surface area contributed by atoms with Crippen LogP contribution in [0.1, 0.15) is 21.5 Å². The Balaban J connectivity index is 1.42. The lowest BCUT2D eigenvalue weighted by Crippen LogP contribution is -2.42. The predicted molar refractivity (Wildman–Crippen MR) is 150 cm³/mol. The third-order valence-corrected chi connectivity index (χ3v) is 9.60. The molecule has 2 aliphatic heterocycles. The zero-order valence-electron chi connectivity index (χ0n) is 20.5. The number of rotatable bonds is 5. The van der Waals surface area contributed by atoms with Gasteiger partial charge in [-0.1, -0.05) is 47.5 Å². The minimum Gasteiger partial charge on any atom is -0.507 e. The lowest BCUT2D eigenvalue weighted by molar-refractivity contribution is 0.101. The maximum Gasteiger partial charge on any atom is 0.269 e. The summed E-state index contributed by atoms with van der Waals surface area (Å²) in [6, 6.07) is 14.4. The first kappa shape index (κ1) is 25.9. The molecule has 1 fully saturated rings. The van der Waals surface area contributed by atoms with E-state index in [0.29, 0.717) is 39.9 Å². The SMILES string of the molecule is O=C1C(=Cc2cn(S(=O)(=O)c3cccc(Cl)c3Cl)c3ccccc23)Oc2c1ccc(O)c2CN1CCNCC1. The number of carbonyl (C=O) groups excluding carboxylic acids is 1. The molecule has 0 bridgehead atoms. The summed E-state index contributed by atoms with van der Waals surface area (Å²) in [4.78, 5) is 15.4. The van der Waals surface area contributed by atoms with Crippen molar-refractivity contribution in [1.29, 1.82) is 0 Å². The molecule has 6 rings (SSSR count). The van der Waals surface area contributed by atoms with Gasteiger partial charge in [-0.25, -0.2) is 12.4 Å². The average molecular weight is 584 g/mol. The lowest BCUT2D eigenvalue weighted by Gasteiger charge is -2.27. The Hall–Kier alpha value is -3.34. The standard InChI is InChI=1S/C28H23Cl2N3O5S/c29-21-5-3-7-25(26(21)30)39(36,37)33-15-17(18-4-1-2-6-22(18)33)14-24-27(35)19-8-9-23(34)20(28(19)38-24)16-32-12-10-31-11-13-32/h1-9,14-15,31,34H,10-13,16H2. The number of aromatic nitrogens is 1. The summed E-state index contributed by atoms with van der Waals surface area (Å²) in [5.74, 6) is 0.0802. The summed E-state index contributed by atoms with van der Waals surface area (Å²) in [6.07, 6.45) is 2.96. The number of hydrogen-bond donors (Lipinski definition) is 2. The van der Waals surface area contributed by atoms with Crippen molar-refractivity contribution >= 4 is 56.0 Å². The van der Waals surface area contributed by atoms with Crippen molar-refractivity contribution in [3.05, 3.63) is 93.3 Å². The maximum absolute atomic E-state index is 13.6. The second-order valence-corrected chi connectivity index (χ2v) is 11.9. The average Bonchev–Trinajstić information content (AvgIpc) is 3.46. The van der Waals surface area contributed by atoms with E-state index in [2.05, 4.69) is 10.2 Å². The van der Waals surface area contributed by atoms with Crippen molar-refractivity contribution in [2.24, 2.45) is 0 Å². The van der Waals surface area contributed by atoms with E-state index in [-0.39, 0.29) is 32.2 Å². The van der Waals surface area contributed by atoms with E-state index in [9.17, 15) is 18.3 Å². The number of nitrogens with zero attached hydrogens (tertiary/aromatic N) is 2. The summed E-state index contributed by atoms with van der Waals surface area (Å²) >= 11 is 12.4. The Morgan fingerprint density at radius 2 is 1.79 bits per heavy atom. The van der Waals surface area contributed by atoms with Crippen LogP contribution in [0.15, 0.2) is 71.4 Å². The van der Waals surface area contributed by atoms with Gasteiger partial charge in [0.1, 0.15) is 16.4 Å². The highest BCUT2D eigenvalue weighted by molar-refractivity contribution is 7.90. The molecule has 3 heterocycles. The van der Waals surface area contributed by atoms with Crippen molar-refractivity contribution in [2.75, 3.05) is 26.2 Å². The van der Waals surface area contributed by atoms with Crippen LogP contribution in [0, 0.1) is 0 Å². The summed E-state index contributed by atoms with van der Waals surface area (Å²) in [7, 11) is -4.13. The van der Waals surface area contributed by atoms with Gasteiger partial charge < -0.3 is 15.2 Å². The molecular formula is C28H23Cl2N3O5S. The van der Waals surface area contributed by atoms with Gasteiger partial charge in [0.15, 0.2) is 5.76 Å². The Morgan fingerprint density at radius 3 is 2.59 bits per heavy atom. The number of ether oxygens (including phenoxy) is 1. The predicted octanol–water partition coefficient (Wildman–Crippen LogP) is 4.91. The normalized spacial score (nSPS) is 17.1. The highest BCUT2D eigenvalue weighted by Crippen LogP contribution is 2.41. The van der Waals surface area contributed by atoms with Crippen LogP contribution in [0.2, 0.25) is 10.0 Å². The Labute approximate surface area is 235 Å². The van der Waals surface area contributed by atoms with Gasteiger partial charge in [-0.15, -0.1) is 0 Å². The van der Waals surface area contributed by atoms with Gasteiger partial charge in [-0.2, -0.15) is 0 Å². The van der Waals surface area contributed by atoms with E-state index in [0.717, 1.165) is 30.2 Å². The largest absolute Gasteiger partial charge is 0.507 e. The van der Waals surface area contributed by atoms with E-state index in [1.165, 1.54) is 36.5 Å². The third kappa shape index (κ3) is 4.50. The molecule has 1 saturated heterocycles. The van der Waals surface area contributed by atoms with Crippen LogP contribution in [0.4, 0.5) is 0 Å². The molecule has 200 valence electrons. The van der Waals surface area contributed by atoms with Crippen molar-refractivity contribution in [1.82, 2.24) is 14.2 Å². The number of phenols is 1. The van der Waals surface area contributed by atoms with E-state index in [4.69, 9.17) is 27.9 Å². The zero-order valence-corrected chi connectivity index (χ0v) is 22.9. The molecule has 4 aromatic rings. The molecule has 11 heteroatoms. The van der Waals surface area contributed by atoms with Crippen LogP contribution in [0.25, 0.3) is 17.0 Å². The number of aromatic hydroxyl groups is 1. The fourth-order valence-corrected chi connectivity index (χ4v) is 7.08. The Bertz CT molecular complexity index is 1780. The minimum atomic E-state index is -4.13. The summed E-state index contributed by atoms with van der Waals surface area (Å²) in [6.45, 7) is 3.74. The minimum absolute atomic E-state index is 0.0400. The van der Waals surface area contributed by atoms with Crippen molar-refractivity contribution in [2.45, 2.75) is 11.4 Å². The molecule has 0 amide bonds. The number of phenolic OH excluding ortho intramolecular Hbond substituents is 1. The number of nitrogens with one attached hydrogen (secondary N) is 1. The number of para-hydroxylation sites is 1. The van der Waals surface area contributed by atoms with E-state index >= 15 is 0 Å². The first-order valence-corrected chi connectivity index (χ1v) is 14.5. The van der Waals surface area contributed by atoms with E-state index < -0.39 is 10.0 Å². The fraction of sp³-hybridized carbons (Fsp3) is 0.179. The molecule has 8 nitrogen and oxygen atoms in total. The number of Topliss-reactive ketones (excluding diaryl/α,β-unsaturated/α-hetero) is 1. The zero-order chi connectivity index (χ0) is 27.3. The molecule has 0 radical (unpaired) electrons. The van der Waals surface area contributed by atoms with Crippen molar-refractivity contribution in [3.63, 3.8) is 0 Å². The molecule has 0 unspecified atom stereocenters. The van der Waals surface area contributed by atoms with Gasteiger partial charge >= 0.3 is 0 Å². The number of fused-ring (bicyclic) bond motifs is 2. The van der Waals surface area contributed by atoms with E-state index in [1.54, 1.807) is 30.3 Å². The summed E-state index contributed by atoms with van der Waals surface area (Å²) in [5.41, 5.74) is 1.77. The van der Waals surface area contributed by atoms with Crippen LogP contribution in [-0.4, -0.2) is 54.4 Å². The third-order valence-electron chi connectivity index (χ3n) is 6.96. The van der Waals surface area contributed by atoms with Crippen molar-refractivity contribution < 1.29 is 23.1 Å². The van der Waals surface area contributed by atoms with Gasteiger partial charge in [0.25, 0.3) is 10.0 Å². The molecule has 2 aliphatic rings. The summed E-state index contributed by atoms with van der Waals surface area (Å²) < 4.78 is 34.5. The quantitative estimate of drug-likeness (QED) is 0.322. The fourth-order valence-electron chi connectivity index (χ4n) is 4.96. The number of allylic oxidation sites excluding steroid dienone is 1. The van der Waals surface area contributed by atoms with Crippen molar-refractivity contribution in [3.8, 4) is 11.5 Å². The van der Waals surface area contributed by atoms with Gasteiger partial charge in [-0.3, -0.25) is 9.69 Å². The lowest BCUT2D eigenvalue weighted by atomic mass is 10.0. The molecule has 3 aromatic carbocycles. The molecule has 39 heavy (non-hydrogen) atoms. The second-order valence-electron chi connectivity index (χ2n) is 9.36. The van der Waals surface area contributed by atoms with E-state index in [1.807, 2.05) is 0 Å². The first-order chi connectivity index (χ1) is 18.8. The molecule has 0 spiro atoms. The molecule has 0 aliphatic carbocycles. The van der Waals surface area contributed by atoms with Gasteiger partial charge in [0.05, 0.1) is 26.7 Å². The van der Waals surface area contributed by atoms with Crippen LogP contribution in [-0.2, 0) is 16.6 Å². The monoisotopic (exact) mass is 583 g/mol. The van der Waals surface area contributed by atoms with Crippen LogP contribution in [0.3, 0.4) is 0 Å². The first-order valence-electron chi connectivity index (χ1n) is 12.3. The van der Waals surface area contributed by atoms with Gasteiger partial charge in [0.2, 0.25) is 5.78 Å². The number of halogens is 2.